The van der Waals surface area contributed by atoms with E-state index in [2.05, 4.69) is 34.7 Å². The number of hydrogen-bond donors (Lipinski definition) is 0. The van der Waals surface area contributed by atoms with E-state index in [1.54, 1.807) is 6.07 Å². The summed E-state index contributed by atoms with van der Waals surface area (Å²) in [5.41, 5.74) is 0.639. The van der Waals surface area contributed by atoms with E-state index in [1.807, 2.05) is 12.1 Å². The highest BCUT2D eigenvalue weighted by Gasteiger charge is 2.09. The maximum Gasteiger partial charge on any atom is 0.119 e. The Morgan fingerprint density at radius 3 is 2.64 bits per heavy atom. The van der Waals surface area contributed by atoms with Gasteiger partial charge in [0.1, 0.15) is 10.9 Å². The van der Waals surface area contributed by atoms with E-state index in [1.165, 1.54) is 11.3 Å². The van der Waals surface area contributed by atoms with Gasteiger partial charge in [-0.3, -0.25) is 0 Å². The maximum atomic E-state index is 8.84. The van der Waals surface area contributed by atoms with E-state index in [9.17, 15) is 0 Å². The molecule has 66 valence electrons. The molecule has 0 aliphatic carbocycles. The summed E-state index contributed by atoms with van der Waals surface area (Å²) in [6.45, 7) is 0. The van der Waals surface area contributed by atoms with E-state index in [0.29, 0.717) is 5.56 Å². The van der Waals surface area contributed by atoms with Crippen molar-refractivity contribution in [3.8, 4) is 12.1 Å². The monoisotopic (exact) mass is 310 g/mol. The van der Waals surface area contributed by atoms with Crippen molar-refractivity contribution in [3.63, 3.8) is 0 Å². The first kappa shape index (κ1) is 9.45. The molecular weight excluding hydrogens is 307 g/mol. The van der Waals surface area contributed by atoms with Crippen LogP contribution in [0.4, 0.5) is 0 Å². The molecule has 0 aliphatic rings. The minimum Gasteiger partial charge on any atom is -0.192 e. The molecule has 0 atom stereocenters. The van der Waals surface area contributed by atoms with Crippen LogP contribution in [0, 0.1) is 26.2 Å². The molecule has 1 aromatic heterocycles. The summed E-state index contributed by atoms with van der Waals surface area (Å²) in [5, 5.41) is 18.6. The fourth-order valence-corrected chi connectivity index (χ4v) is 3.24. The Balaban J connectivity index is 2.82. The SMILES string of the molecule is N#Cc1ccc2c(I)c(C#N)sc2c1. The van der Waals surface area contributed by atoms with Gasteiger partial charge in [0.2, 0.25) is 0 Å². The fraction of sp³-hybridized carbons (Fsp3) is 0. The summed E-state index contributed by atoms with van der Waals surface area (Å²) >= 11 is 3.60. The number of halogens is 1. The molecular formula is C10H3IN2S. The van der Waals surface area contributed by atoms with E-state index < -0.39 is 0 Å². The Morgan fingerprint density at radius 2 is 2.00 bits per heavy atom. The van der Waals surface area contributed by atoms with Gasteiger partial charge in [-0.25, -0.2) is 0 Å². The molecule has 0 radical (unpaired) electrons. The Bertz CT molecular complexity index is 586. The van der Waals surface area contributed by atoms with Crippen LogP contribution in [0.25, 0.3) is 10.1 Å². The summed E-state index contributed by atoms with van der Waals surface area (Å²) in [6, 6.07) is 9.73. The topological polar surface area (TPSA) is 47.6 Å². The van der Waals surface area contributed by atoms with Gasteiger partial charge in [-0.2, -0.15) is 10.5 Å². The van der Waals surface area contributed by atoms with E-state index >= 15 is 0 Å². The molecule has 0 spiro atoms. The van der Waals surface area contributed by atoms with Crippen molar-refractivity contribution in [2.45, 2.75) is 0 Å². The zero-order chi connectivity index (χ0) is 10.1. The van der Waals surface area contributed by atoms with Crippen molar-refractivity contribution in [2.24, 2.45) is 0 Å². The molecule has 1 aromatic carbocycles. The number of thiophene rings is 1. The van der Waals surface area contributed by atoms with E-state index in [-0.39, 0.29) is 0 Å². The summed E-state index contributed by atoms with van der Waals surface area (Å²) in [4.78, 5) is 0.718. The second kappa shape index (κ2) is 3.56. The molecule has 0 unspecified atom stereocenters. The third-order valence-electron chi connectivity index (χ3n) is 1.86. The maximum absolute atomic E-state index is 8.84. The highest BCUT2D eigenvalue weighted by atomic mass is 127. The zero-order valence-electron chi connectivity index (χ0n) is 6.91. The van der Waals surface area contributed by atoms with Gasteiger partial charge in [-0.05, 0) is 34.7 Å². The predicted molar refractivity (Wildman–Crippen MR) is 64.0 cm³/mol. The van der Waals surface area contributed by atoms with Crippen LogP contribution >= 0.6 is 33.9 Å². The van der Waals surface area contributed by atoms with Crippen molar-refractivity contribution in [1.82, 2.24) is 0 Å². The zero-order valence-corrected chi connectivity index (χ0v) is 9.89. The smallest absolute Gasteiger partial charge is 0.119 e. The number of nitriles is 2. The first-order valence-electron chi connectivity index (χ1n) is 3.78. The Kier molecular flexibility index (Phi) is 2.40. The molecule has 0 fully saturated rings. The van der Waals surface area contributed by atoms with E-state index in [4.69, 9.17) is 10.5 Å². The average Bonchev–Trinajstić information content (AvgIpc) is 2.55. The van der Waals surface area contributed by atoms with E-state index in [0.717, 1.165) is 18.5 Å². The van der Waals surface area contributed by atoms with Gasteiger partial charge in [-0.1, -0.05) is 6.07 Å². The normalized spacial score (nSPS) is 9.64. The molecule has 2 nitrogen and oxygen atoms in total. The molecule has 4 heteroatoms. The average molecular weight is 310 g/mol. The number of fused-ring (bicyclic) bond motifs is 1. The van der Waals surface area contributed by atoms with Crippen molar-refractivity contribution in [3.05, 3.63) is 32.2 Å². The highest BCUT2D eigenvalue weighted by molar-refractivity contribution is 14.1. The van der Waals surface area contributed by atoms with Gasteiger partial charge >= 0.3 is 0 Å². The van der Waals surface area contributed by atoms with Crippen LogP contribution in [0.1, 0.15) is 10.4 Å². The van der Waals surface area contributed by atoms with Crippen LogP contribution < -0.4 is 0 Å². The van der Waals surface area contributed by atoms with Crippen molar-refractivity contribution >= 4 is 44.0 Å². The highest BCUT2D eigenvalue weighted by Crippen LogP contribution is 2.32. The molecule has 0 amide bonds. The first-order valence-corrected chi connectivity index (χ1v) is 5.68. The third-order valence-corrected chi connectivity index (χ3v) is 4.40. The lowest BCUT2D eigenvalue weighted by atomic mass is 10.2. The molecule has 0 saturated carbocycles. The van der Waals surface area contributed by atoms with Crippen LogP contribution in [0.5, 0.6) is 0 Å². The summed E-state index contributed by atoms with van der Waals surface area (Å²) in [6.07, 6.45) is 0. The summed E-state index contributed by atoms with van der Waals surface area (Å²) in [7, 11) is 0. The number of nitrogens with zero attached hydrogens (tertiary/aromatic N) is 2. The minimum atomic E-state index is 0.639. The molecule has 0 bridgehead atoms. The second-order valence-corrected chi connectivity index (χ2v) is 4.81. The largest absolute Gasteiger partial charge is 0.192 e. The molecule has 1 heterocycles. The molecule has 2 aromatic rings. The molecule has 2 rings (SSSR count). The number of rotatable bonds is 0. The quantitative estimate of drug-likeness (QED) is 0.701. The number of benzene rings is 1. The minimum absolute atomic E-state index is 0.639. The lowest BCUT2D eigenvalue weighted by Crippen LogP contribution is -1.73. The van der Waals surface area contributed by atoms with Crippen molar-refractivity contribution in [2.75, 3.05) is 0 Å². The Hall–Kier alpha value is -1.11. The van der Waals surface area contributed by atoms with Crippen molar-refractivity contribution in [1.29, 1.82) is 10.5 Å². The molecule has 0 aliphatic heterocycles. The van der Waals surface area contributed by atoms with Gasteiger partial charge in [-0.15, -0.1) is 11.3 Å². The van der Waals surface area contributed by atoms with Crippen molar-refractivity contribution < 1.29 is 0 Å². The van der Waals surface area contributed by atoms with Crippen LogP contribution in [0.3, 0.4) is 0 Å². The Labute approximate surface area is 98.5 Å². The van der Waals surface area contributed by atoms with Gasteiger partial charge in [0.15, 0.2) is 0 Å². The molecule has 0 saturated heterocycles. The van der Waals surface area contributed by atoms with Crippen LogP contribution in [0.2, 0.25) is 0 Å². The first-order chi connectivity index (χ1) is 6.76. The van der Waals surface area contributed by atoms with Gasteiger partial charge in [0.25, 0.3) is 0 Å². The third kappa shape index (κ3) is 1.37. The van der Waals surface area contributed by atoms with Crippen LogP contribution in [-0.2, 0) is 0 Å². The van der Waals surface area contributed by atoms with Crippen LogP contribution in [-0.4, -0.2) is 0 Å². The lowest BCUT2D eigenvalue weighted by molar-refractivity contribution is 1.50. The molecule has 14 heavy (non-hydrogen) atoms. The standard InChI is InChI=1S/C10H3IN2S/c11-10-7-2-1-6(4-12)3-8(7)14-9(10)5-13/h1-3H. The Morgan fingerprint density at radius 1 is 1.21 bits per heavy atom. The number of hydrogen-bond acceptors (Lipinski definition) is 3. The summed E-state index contributed by atoms with van der Waals surface area (Å²) < 4.78 is 1.99. The molecule has 0 N–H and O–H groups in total. The van der Waals surface area contributed by atoms with Gasteiger partial charge < -0.3 is 0 Å². The summed E-state index contributed by atoms with van der Waals surface area (Å²) in [5.74, 6) is 0. The predicted octanol–water partition coefficient (Wildman–Crippen LogP) is 3.25. The fourth-order valence-electron chi connectivity index (χ4n) is 1.21. The van der Waals surface area contributed by atoms with Gasteiger partial charge in [0.05, 0.1) is 11.6 Å². The lowest BCUT2D eigenvalue weighted by Gasteiger charge is -1.90. The van der Waals surface area contributed by atoms with Crippen LogP contribution in [0.15, 0.2) is 18.2 Å². The second-order valence-electron chi connectivity index (χ2n) is 2.68. The van der Waals surface area contributed by atoms with Gasteiger partial charge in [0, 0.05) is 13.7 Å².